The minimum atomic E-state index is -1.31. The van der Waals surface area contributed by atoms with E-state index in [2.05, 4.69) is 5.32 Å². The minimum absolute atomic E-state index is 0.173. The molecule has 0 radical (unpaired) electrons. The van der Waals surface area contributed by atoms with Crippen LogP contribution in [0.5, 0.6) is 0 Å². The molecule has 2 saturated heterocycles. The molecule has 0 aliphatic carbocycles. The summed E-state index contributed by atoms with van der Waals surface area (Å²) in [5, 5.41) is 3.11. The second kappa shape index (κ2) is 5.66. The van der Waals surface area contributed by atoms with Crippen molar-refractivity contribution in [1.29, 1.82) is 0 Å². The normalized spacial score (nSPS) is 32.2. The number of hydrogen-bond acceptors (Lipinski definition) is 5. The van der Waals surface area contributed by atoms with Gasteiger partial charge in [-0.25, -0.2) is 4.39 Å². The van der Waals surface area contributed by atoms with Crippen molar-refractivity contribution in [2.45, 2.75) is 25.4 Å². The van der Waals surface area contributed by atoms with E-state index in [1.54, 1.807) is 26.0 Å². The molecule has 1 aromatic carbocycles. The van der Waals surface area contributed by atoms with Crippen molar-refractivity contribution in [1.82, 2.24) is 10.2 Å². The first-order valence-electron chi connectivity index (χ1n) is 7.83. The first-order valence-corrected chi connectivity index (χ1v) is 7.83. The van der Waals surface area contributed by atoms with E-state index in [-0.39, 0.29) is 12.5 Å². The fraction of sp³-hybridized carbons (Fsp3) is 0.471. The maximum Gasteiger partial charge on any atom is 0.326 e. The molecule has 24 heavy (non-hydrogen) atoms. The lowest BCUT2D eigenvalue weighted by molar-refractivity contribution is -0.155. The van der Waals surface area contributed by atoms with Gasteiger partial charge in [-0.2, -0.15) is 0 Å². The molecule has 1 N–H and O–H groups in total. The molecule has 2 heterocycles. The highest BCUT2D eigenvalue weighted by atomic mass is 19.1. The lowest BCUT2D eigenvalue weighted by Crippen LogP contribution is -2.53. The van der Waals surface area contributed by atoms with Crippen LogP contribution in [-0.4, -0.2) is 41.9 Å². The Labute approximate surface area is 139 Å². The summed E-state index contributed by atoms with van der Waals surface area (Å²) in [5.41, 5.74) is -0.659. The number of esters is 1. The number of carbonyl (C=O) groups excluding carboxylic acids is 3. The number of likely N-dealkylation sites (tertiary alicyclic amines) is 1. The van der Waals surface area contributed by atoms with Crippen LogP contribution in [0.15, 0.2) is 24.3 Å². The van der Waals surface area contributed by atoms with Crippen LogP contribution in [0.3, 0.4) is 0 Å². The summed E-state index contributed by atoms with van der Waals surface area (Å²) in [4.78, 5) is 38.6. The molecule has 128 valence electrons. The maximum atomic E-state index is 13.2. The van der Waals surface area contributed by atoms with Crippen LogP contribution in [0.25, 0.3) is 0 Å². The highest BCUT2D eigenvalue weighted by molar-refractivity contribution is 6.09. The van der Waals surface area contributed by atoms with Crippen molar-refractivity contribution in [3.8, 4) is 0 Å². The smallest absolute Gasteiger partial charge is 0.326 e. The molecule has 2 aliphatic rings. The number of benzene rings is 1. The van der Waals surface area contributed by atoms with Crippen molar-refractivity contribution in [2.24, 2.45) is 11.8 Å². The van der Waals surface area contributed by atoms with Crippen molar-refractivity contribution < 1.29 is 23.5 Å². The summed E-state index contributed by atoms with van der Waals surface area (Å²) in [7, 11) is 1.41. The number of halogens is 1. The van der Waals surface area contributed by atoms with Gasteiger partial charge in [0.15, 0.2) is 0 Å². The molecule has 6 nitrogen and oxygen atoms in total. The third kappa shape index (κ3) is 2.23. The Morgan fingerprint density at radius 3 is 2.50 bits per heavy atom. The predicted octanol–water partition coefficient (Wildman–Crippen LogP) is 1.02. The van der Waals surface area contributed by atoms with E-state index < -0.39 is 41.1 Å². The molecule has 7 heteroatoms. The Kier molecular flexibility index (Phi) is 3.91. The van der Waals surface area contributed by atoms with Gasteiger partial charge in [-0.3, -0.25) is 24.6 Å². The number of ether oxygens (including phenoxy) is 1. The molecule has 2 fully saturated rings. The van der Waals surface area contributed by atoms with Gasteiger partial charge in [-0.05, 0) is 31.5 Å². The molecule has 0 bridgehead atoms. The lowest BCUT2D eigenvalue weighted by atomic mass is 9.80. The zero-order chi connectivity index (χ0) is 17.6. The van der Waals surface area contributed by atoms with Crippen molar-refractivity contribution in [2.75, 3.05) is 13.7 Å². The average Bonchev–Trinajstić information content (AvgIpc) is 2.99. The van der Waals surface area contributed by atoms with Gasteiger partial charge >= 0.3 is 5.97 Å². The van der Waals surface area contributed by atoms with Crippen LogP contribution in [-0.2, 0) is 19.1 Å². The average molecular weight is 334 g/mol. The number of fused-ring (bicyclic) bond motifs is 1. The van der Waals surface area contributed by atoms with E-state index in [9.17, 15) is 18.8 Å². The Hall–Kier alpha value is -2.28. The summed E-state index contributed by atoms with van der Waals surface area (Å²) in [6.07, 6.45) is 0. The van der Waals surface area contributed by atoms with Gasteiger partial charge in [0.25, 0.3) is 0 Å². The third-order valence-electron chi connectivity index (χ3n) is 4.94. The molecule has 2 aliphatic heterocycles. The van der Waals surface area contributed by atoms with E-state index in [1.807, 2.05) is 0 Å². The van der Waals surface area contributed by atoms with Crippen LogP contribution in [0.4, 0.5) is 4.39 Å². The monoisotopic (exact) mass is 334 g/mol. The molecule has 0 saturated carbocycles. The topological polar surface area (TPSA) is 75.7 Å². The fourth-order valence-electron chi connectivity index (χ4n) is 3.71. The Balaban J connectivity index is 2.06. The molecule has 3 rings (SSSR count). The first kappa shape index (κ1) is 16.6. The van der Waals surface area contributed by atoms with Gasteiger partial charge in [-0.15, -0.1) is 0 Å². The SMILES string of the molecule is CCOC(=O)[C@]1(C)N[C@H](c2ccc(F)cc2)[C@H]2C(=O)N(C)C(=O)[C@H]21. The Bertz CT molecular complexity index is 705. The molecule has 0 spiro atoms. The van der Waals surface area contributed by atoms with Gasteiger partial charge in [0, 0.05) is 13.1 Å². The number of nitrogens with zero attached hydrogens (tertiary/aromatic N) is 1. The second-order valence-corrected chi connectivity index (χ2v) is 6.34. The number of amides is 2. The quantitative estimate of drug-likeness (QED) is 0.660. The summed E-state index contributed by atoms with van der Waals surface area (Å²) in [6.45, 7) is 3.43. The van der Waals surface area contributed by atoms with Gasteiger partial charge in [0.1, 0.15) is 11.4 Å². The Morgan fingerprint density at radius 1 is 1.29 bits per heavy atom. The molecule has 4 atom stereocenters. The van der Waals surface area contributed by atoms with Crippen molar-refractivity contribution >= 4 is 17.8 Å². The first-order chi connectivity index (χ1) is 11.3. The molecule has 0 unspecified atom stereocenters. The number of imide groups is 1. The van der Waals surface area contributed by atoms with Gasteiger partial charge in [-0.1, -0.05) is 12.1 Å². The van der Waals surface area contributed by atoms with E-state index in [0.717, 1.165) is 4.90 Å². The molecular weight excluding hydrogens is 315 g/mol. The largest absolute Gasteiger partial charge is 0.465 e. The van der Waals surface area contributed by atoms with E-state index in [1.165, 1.54) is 19.2 Å². The number of hydrogen-bond donors (Lipinski definition) is 1. The van der Waals surface area contributed by atoms with Crippen molar-refractivity contribution in [3.63, 3.8) is 0 Å². The van der Waals surface area contributed by atoms with Crippen LogP contribution in [0.2, 0.25) is 0 Å². The predicted molar refractivity (Wildman–Crippen MR) is 82.1 cm³/mol. The molecule has 0 aromatic heterocycles. The van der Waals surface area contributed by atoms with Crippen LogP contribution in [0.1, 0.15) is 25.5 Å². The maximum absolute atomic E-state index is 13.2. The van der Waals surface area contributed by atoms with Gasteiger partial charge < -0.3 is 4.74 Å². The number of rotatable bonds is 3. The zero-order valence-corrected chi connectivity index (χ0v) is 13.7. The zero-order valence-electron chi connectivity index (χ0n) is 13.7. The van der Waals surface area contributed by atoms with Gasteiger partial charge in [0.05, 0.1) is 18.4 Å². The van der Waals surface area contributed by atoms with Crippen molar-refractivity contribution in [3.05, 3.63) is 35.6 Å². The van der Waals surface area contributed by atoms with E-state index in [4.69, 9.17) is 4.74 Å². The van der Waals surface area contributed by atoms with Crippen LogP contribution in [0, 0.1) is 17.7 Å². The van der Waals surface area contributed by atoms with E-state index in [0.29, 0.717) is 5.56 Å². The fourth-order valence-corrected chi connectivity index (χ4v) is 3.71. The summed E-state index contributed by atoms with van der Waals surface area (Å²) in [6, 6.07) is 5.12. The van der Waals surface area contributed by atoms with Crippen LogP contribution >= 0.6 is 0 Å². The lowest BCUT2D eigenvalue weighted by Gasteiger charge is -2.28. The molecular formula is C17H19FN2O4. The minimum Gasteiger partial charge on any atom is -0.465 e. The number of nitrogens with one attached hydrogen (secondary N) is 1. The van der Waals surface area contributed by atoms with E-state index >= 15 is 0 Å². The summed E-state index contributed by atoms with van der Waals surface area (Å²) < 4.78 is 18.3. The molecule has 2 amide bonds. The van der Waals surface area contributed by atoms with Crippen LogP contribution < -0.4 is 5.32 Å². The summed E-state index contributed by atoms with van der Waals surface area (Å²) in [5.74, 6) is -3.28. The third-order valence-corrected chi connectivity index (χ3v) is 4.94. The summed E-state index contributed by atoms with van der Waals surface area (Å²) >= 11 is 0. The molecule has 1 aromatic rings. The number of carbonyl (C=O) groups is 3. The standard InChI is InChI=1S/C17H19FN2O4/c1-4-24-16(23)17(2)12-11(14(21)20(3)15(12)22)13(19-17)9-5-7-10(18)8-6-9/h5-8,11-13,19H,4H2,1-3H3/t11-,12-,13+,17+/m0/s1. The Morgan fingerprint density at radius 2 is 1.92 bits per heavy atom. The highest BCUT2D eigenvalue weighted by Gasteiger charge is 2.66. The second-order valence-electron chi connectivity index (χ2n) is 6.34. The highest BCUT2D eigenvalue weighted by Crippen LogP contribution is 2.48. The van der Waals surface area contributed by atoms with Gasteiger partial charge in [0.2, 0.25) is 11.8 Å².